The van der Waals surface area contributed by atoms with Crippen LogP contribution in [0.1, 0.15) is 17.9 Å². The molecular weight excluding hydrogens is 218 g/mol. The molecule has 1 aromatic carbocycles. The van der Waals surface area contributed by atoms with Gasteiger partial charge >= 0.3 is 12.6 Å². The van der Waals surface area contributed by atoms with Crippen LogP contribution in [0, 0.1) is 5.92 Å². The molecule has 2 rings (SSSR count). The number of aliphatic carboxylic acids is 1. The normalized spacial score (nSPS) is 23.2. The van der Waals surface area contributed by atoms with E-state index in [0.29, 0.717) is 6.42 Å². The summed E-state index contributed by atoms with van der Waals surface area (Å²) in [5.41, 5.74) is 0.856. The molecule has 3 nitrogen and oxygen atoms in total. The van der Waals surface area contributed by atoms with Crippen LogP contribution in [-0.2, 0) is 4.79 Å². The van der Waals surface area contributed by atoms with Gasteiger partial charge in [0.25, 0.3) is 0 Å². The molecule has 1 saturated carbocycles. The fourth-order valence-corrected chi connectivity index (χ4v) is 1.73. The van der Waals surface area contributed by atoms with Crippen molar-refractivity contribution in [2.24, 2.45) is 5.92 Å². The van der Waals surface area contributed by atoms with Crippen LogP contribution < -0.4 is 4.74 Å². The lowest BCUT2D eigenvalue weighted by Crippen LogP contribution is -2.02. The molecule has 2 atom stereocenters. The lowest BCUT2D eigenvalue weighted by molar-refractivity contribution is -0.138. The molecule has 16 heavy (non-hydrogen) atoms. The molecule has 1 aliphatic carbocycles. The van der Waals surface area contributed by atoms with Gasteiger partial charge in [-0.25, -0.2) is 0 Å². The van der Waals surface area contributed by atoms with Crippen LogP contribution in [0.4, 0.5) is 8.78 Å². The van der Waals surface area contributed by atoms with E-state index >= 15 is 0 Å². The molecule has 1 aliphatic rings. The van der Waals surface area contributed by atoms with E-state index in [4.69, 9.17) is 5.11 Å². The van der Waals surface area contributed by atoms with Gasteiger partial charge in [-0.1, -0.05) is 12.1 Å². The zero-order valence-electron chi connectivity index (χ0n) is 8.27. The molecule has 0 spiro atoms. The number of alkyl halides is 2. The summed E-state index contributed by atoms with van der Waals surface area (Å²) >= 11 is 0. The predicted molar refractivity (Wildman–Crippen MR) is 51.6 cm³/mol. The quantitative estimate of drug-likeness (QED) is 0.861. The summed E-state index contributed by atoms with van der Waals surface area (Å²) in [4.78, 5) is 10.6. The Hall–Kier alpha value is -1.65. The molecule has 0 unspecified atom stereocenters. The van der Waals surface area contributed by atoms with Crippen LogP contribution >= 0.6 is 0 Å². The van der Waals surface area contributed by atoms with Gasteiger partial charge in [0.05, 0.1) is 5.92 Å². The smallest absolute Gasteiger partial charge is 0.387 e. The van der Waals surface area contributed by atoms with Crippen molar-refractivity contribution in [3.63, 3.8) is 0 Å². The van der Waals surface area contributed by atoms with Crippen LogP contribution in [0.5, 0.6) is 5.75 Å². The summed E-state index contributed by atoms with van der Waals surface area (Å²) in [5, 5.41) is 8.73. The molecule has 86 valence electrons. The second kappa shape index (κ2) is 4.08. The third-order valence-electron chi connectivity index (χ3n) is 2.64. The summed E-state index contributed by atoms with van der Waals surface area (Å²) < 4.78 is 27.9. The Kier molecular flexibility index (Phi) is 2.77. The van der Waals surface area contributed by atoms with E-state index in [0.717, 1.165) is 5.56 Å². The summed E-state index contributed by atoms with van der Waals surface area (Å²) in [5.74, 6) is -1.04. The molecular formula is C11H10F2O3. The molecule has 1 aromatic rings. The highest BCUT2D eigenvalue weighted by Crippen LogP contribution is 2.47. The minimum Gasteiger partial charge on any atom is -0.481 e. The van der Waals surface area contributed by atoms with Gasteiger partial charge in [-0.2, -0.15) is 8.78 Å². The van der Waals surface area contributed by atoms with Gasteiger partial charge in [0.1, 0.15) is 5.75 Å². The van der Waals surface area contributed by atoms with E-state index in [-0.39, 0.29) is 17.6 Å². The number of carboxylic acids is 1. The molecule has 0 saturated heterocycles. The first-order chi connectivity index (χ1) is 7.58. The number of carbonyl (C=O) groups is 1. The highest BCUT2D eigenvalue weighted by molar-refractivity contribution is 5.75. The first-order valence-electron chi connectivity index (χ1n) is 4.85. The molecule has 0 aliphatic heterocycles. The van der Waals surface area contributed by atoms with E-state index in [9.17, 15) is 13.6 Å². The standard InChI is InChI=1S/C11H10F2O3/c12-11(13)16-7-3-1-6(2-4-7)8-5-9(8)10(14)15/h1-4,8-9,11H,5H2,(H,14,15)/t8-,9-/m1/s1. The number of halogens is 2. The van der Waals surface area contributed by atoms with Gasteiger partial charge in [0.15, 0.2) is 0 Å². The fraction of sp³-hybridized carbons (Fsp3) is 0.364. The van der Waals surface area contributed by atoms with Crippen molar-refractivity contribution >= 4 is 5.97 Å². The van der Waals surface area contributed by atoms with Crippen LogP contribution in [-0.4, -0.2) is 17.7 Å². The van der Waals surface area contributed by atoms with Crippen molar-refractivity contribution in [3.8, 4) is 5.75 Å². The van der Waals surface area contributed by atoms with Gasteiger partial charge in [-0.05, 0) is 30.0 Å². The van der Waals surface area contributed by atoms with E-state index in [1.54, 1.807) is 12.1 Å². The van der Waals surface area contributed by atoms with Gasteiger partial charge in [-0.15, -0.1) is 0 Å². The minimum absolute atomic E-state index is 0.0121. The zero-order chi connectivity index (χ0) is 11.7. The Morgan fingerprint density at radius 3 is 2.44 bits per heavy atom. The number of rotatable bonds is 4. The van der Waals surface area contributed by atoms with Crippen molar-refractivity contribution < 1.29 is 23.4 Å². The molecule has 0 bridgehead atoms. The van der Waals surface area contributed by atoms with E-state index in [2.05, 4.69) is 4.74 Å². The largest absolute Gasteiger partial charge is 0.481 e. The van der Waals surface area contributed by atoms with Crippen molar-refractivity contribution in [2.75, 3.05) is 0 Å². The second-order valence-electron chi connectivity index (χ2n) is 3.73. The third kappa shape index (κ3) is 2.29. The van der Waals surface area contributed by atoms with Gasteiger partial charge in [0.2, 0.25) is 0 Å². The predicted octanol–water partition coefficient (Wildman–Crippen LogP) is 2.48. The van der Waals surface area contributed by atoms with Gasteiger partial charge in [-0.3, -0.25) is 4.79 Å². The number of hydrogen-bond acceptors (Lipinski definition) is 2. The summed E-state index contributed by atoms with van der Waals surface area (Å²) in [7, 11) is 0. The van der Waals surface area contributed by atoms with Crippen molar-refractivity contribution in [3.05, 3.63) is 29.8 Å². The summed E-state index contributed by atoms with van der Waals surface area (Å²) in [6.45, 7) is -2.83. The Labute approximate surface area is 90.7 Å². The first-order valence-corrected chi connectivity index (χ1v) is 4.85. The summed E-state index contributed by atoms with van der Waals surface area (Å²) in [6, 6.07) is 6.12. The van der Waals surface area contributed by atoms with E-state index in [1.807, 2.05) is 0 Å². The number of ether oxygens (including phenoxy) is 1. The highest BCUT2D eigenvalue weighted by Gasteiger charge is 2.44. The van der Waals surface area contributed by atoms with Crippen molar-refractivity contribution in [2.45, 2.75) is 19.0 Å². The average molecular weight is 228 g/mol. The second-order valence-corrected chi connectivity index (χ2v) is 3.73. The first kappa shape index (κ1) is 10.9. The van der Waals surface area contributed by atoms with Gasteiger partial charge in [0, 0.05) is 0 Å². The molecule has 1 fully saturated rings. The summed E-state index contributed by atoms with van der Waals surface area (Å²) in [6.07, 6.45) is 0.615. The molecule has 0 radical (unpaired) electrons. The van der Waals surface area contributed by atoms with E-state index in [1.165, 1.54) is 12.1 Å². The highest BCUT2D eigenvalue weighted by atomic mass is 19.3. The molecule has 0 aromatic heterocycles. The molecule has 0 heterocycles. The molecule has 1 N–H and O–H groups in total. The lowest BCUT2D eigenvalue weighted by atomic mass is 10.1. The van der Waals surface area contributed by atoms with Crippen LogP contribution in [0.15, 0.2) is 24.3 Å². The maximum atomic E-state index is 11.9. The maximum absolute atomic E-state index is 11.9. The fourth-order valence-electron chi connectivity index (χ4n) is 1.73. The van der Waals surface area contributed by atoms with E-state index < -0.39 is 12.6 Å². The number of hydrogen-bond donors (Lipinski definition) is 1. The SMILES string of the molecule is O=C(O)[C@@H]1C[C@@H]1c1ccc(OC(F)F)cc1. The third-order valence-corrected chi connectivity index (χ3v) is 2.64. The van der Waals surface area contributed by atoms with Crippen LogP contribution in [0.25, 0.3) is 0 Å². The average Bonchev–Trinajstić information content (AvgIpc) is 2.97. The molecule has 0 amide bonds. The lowest BCUT2D eigenvalue weighted by Gasteiger charge is -2.05. The van der Waals surface area contributed by atoms with Crippen molar-refractivity contribution in [1.29, 1.82) is 0 Å². The van der Waals surface area contributed by atoms with Crippen LogP contribution in [0.2, 0.25) is 0 Å². The Morgan fingerprint density at radius 1 is 1.38 bits per heavy atom. The van der Waals surface area contributed by atoms with Crippen molar-refractivity contribution in [1.82, 2.24) is 0 Å². The Balaban J connectivity index is 2.01. The van der Waals surface area contributed by atoms with Gasteiger partial charge < -0.3 is 9.84 Å². The molecule has 5 heteroatoms. The maximum Gasteiger partial charge on any atom is 0.387 e. The minimum atomic E-state index is -2.83. The van der Waals surface area contributed by atoms with Crippen LogP contribution in [0.3, 0.4) is 0 Å². The monoisotopic (exact) mass is 228 g/mol. The topological polar surface area (TPSA) is 46.5 Å². The number of carboxylic acid groups (broad SMARTS) is 1. The zero-order valence-corrected chi connectivity index (χ0v) is 8.27. The Bertz CT molecular complexity index is 389. The Morgan fingerprint density at radius 2 is 2.00 bits per heavy atom. The number of benzene rings is 1.